The molecule has 108 valence electrons. The molecule has 1 aliphatic carbocycles. The zero-order chi connectivity index (χ0) is 14.4. The van der Waals surface area contributed by atoms with Gasteiger partial charge >= 0.3 is 0 Å². The van der Waals surface area contributed by atoms with Crippen LogP contribution in [0, 0.1) is 11.8 Å². The lowest BCUT2D eigenvalue weighted by Gasteiger charge is -2.49. The van der Waals surface area contributed by atoms with Gasteiger partial charge in [-0.3, -0.25) is 0 Å². The number of rotatable bonds is 2. The maximum Gasteiger partial charge on any atom is 0.0406 e. The molecule has 1 nitrogen and oxygen atoms in total. The van der Waals surface area contributed by atoms with Crippen LogP contribution >= 0.6 is 23.2 Å². The molecule has 3 heteroatoms. The van der Waals surface area contributed by atoms with Crippen molar-refractivity contribution in [3.8, 4) is 0 Å². The van der Waals surface area contributed by atoms with Gasteiger partial charge in [-0.2, -0.15) is 0 Å². The molecule has 2 aromatic carbocycles. The minimum atomic E-state index is 0.587. The van der Waals surface area contributed by atoms with E-state index in [0.717, 1.165) is 35.0 Å². The van der Waals surface area contributed by atoms with E-state index in [4.69, 9.17) is 23.2 Å². The standard InChI is InChI=1S/C18H17Cl2N/c19-13-5-1-11(2-6-13)17-15-9-21-10-16(15)18(17)12-3-7-14(20)8-4-12/h1-8,15-18,21H,9-10H2/t15-,16+,17+,18-. The lowest BCUT2D eigenvalue weighted by Crippen LogP contribution is -2.42. The molecule has 2 fully saturated rings. The van der Waals surface area contributed by atoms with E-state index in [1.54, 1.807) is 0 Å². The predicted molar refractivity (Wildman–Crippen MR) is 88.2 cm³/mol. The molecule has 2 aromatic rings. The lowest BCUT2D eigenvalue weighted by molar-refractivity contribution is 0.142. The summed E-state index contributed by atoms with van der Waals surface area (Å²) in [7, 11) is 0. The van der Waals surface area contributed by atoms with E-state index in [1.165, 1.54) is 11.1 Å². The number of hydrogen-bond donors (Lipinski definition) is 1. The molecule has 0 aromatic heterocycles. The van der Waals surface area contributed by atoms with Gasteiger partial charge in [-0.1, -0.05) is 47.5 Å². The fourth-order valence-corrected chi connectivity index (χ4v) is 4.42. The second kappa shape index (κ2) is 5.31. The lowest BCUT2D eigenvalue weighted by atomic mass is 9.54. The number of benzene rings is 2. The second-order valence-electron chi connectivity index (χ2n) is 6.14. The summed E-state index contributed by atoms with van der Waals surface area (Å²) in [6.45, 7) is 2.25. The SMILES string of the molecule is Clc1ccc([C@@H]2[C@H]3CNC[C@H]3[C@@H]2c2ccc(Cl)cc2)cc1. The summed E-state index contributed by atoms with van der Waals surface area (Å²) in [5.74, 6) is 2.66. The molecule has 0 unspecified atom stereocenters. The molecule has 1 saturated carbocycles. The molecule has 4 rings (SSSR count). The van der Waals surface area contributed by atoms with Crippen molar-refractivity contribution < 1.29 is 0 Å². The Hall–Kier alpha value is -1.02. The summed E-state index contributed by atoms with van der Waals surface area (Å²) in [5, 5.41) is 5.17. The molecule has 1 N–H and O–H groups in total. The van der Waals surface area contributed by atoms with Gasteiger partial charge in [0.05, 0.1) is 0 Å². The normalized spacial score (nSPS) is 30.8. The van der Waals surface area contributed by atoms with Crippen LogP contribution in [0.25, 0.3) is 0 Å². The monoisotopic (exact) mass is 317 g/mol. The van der Waals surface area contributed by atoms with E-state index in [9.17, 15) is 0 Å². The average Bonchev–Trinajstić information content (AvgIpc) is 2.87. The molecule has 0 spiro atoms. The second-order valence-corrected chi connectivity index (χ2v) is 7.01. The van der Waals surface area contributed by atoms with Crippen LogP contribution in [0.4, 0.5) is 0 Å². The highest BCUT2D eigenvalue weighted by Crippen LogP contribution is 2.59. The minimum absolute atomic E-state index is 0.587. The summed E-state index contributed by atoms with van der Waals surface area (Å²) in [6, 6.07) is 16.8. The van der Waals surface area contributed by atoms with Gasteiger partial charge in [-0.25, -0.2) is 0 Å². The molecule has 0 amide bonds. The van der Waals surface area contributed by atoms with E-state index in [1.807, 2.05) is 24.3 Å². The van der Waals surface area contributed by atoms with Gasteiger partial charge in [-0.15, -0.1) is 0 Å². The van der Waals surface area contributed by atoms with Gasteiger partial charge in [0.2, 0.25) is 0 Å². The first-order valence-corrected chi connectivity index (χ1v) is 8.21. The Kier molecular flexibility index (Phi) is 3.45. The van der Waals surface area contributed by atoms with Gasteiger partial charge in [0.15, 0.2) is 0 Å². The third kappa shape index (κ3) is 2.28. The highest BCUT2D eigenvalue weighted by atomic mass is 35.5. The highest BCUT2D eigenvalue weighted by molar-refractivity contribution is 6.30. The van der Waals surface area contributed by atoms with Crippen molar-refractivity contribution in [1.82, 2.24) is 5.32 Å². The summed E-state index contributed by atoms with van der Waals surface area (Å²) >= 11 is 12.1. The van der Waals surface area contributed by atoms with Crippen molar-refractivity contribution in [2.45, 2.75) is 11.8 Å². The Labute approximate surface area is 135 Å². The van der Waals surface area contributed by atoms with E-state index in [2.05, 4.69) is 29.6 Å². The molecule has 0 bridgehead atoms. The zero-order valence-corrected chi connectivity index (χ0v) is 13.1. The smallest absolute Gasteiger partial charge is 0.0406 e. The summed E-state index contributed by atoms with van der Waals surface area (Å²) in [4.78, 5) is 0. The maximum atomic E-state index is 6.03. The van der Waals surface area contributed by atoms with Crippen molar-refractivity contribution >= 4 is 23.2 Å². The summed E-state index contributed by atoms with van der Waals surface area (Å²) in [5.41, 5.74) is 2.81. The van der Waals surface area contributed by atoms with Gasteiger partial charge in [-0.05, 0) is 72.2 Å². The topological polar surface area (TPSA) is 12.0 Å². The van der Waals surface area contributed by atoms with E-state index < -0.39 is 0 Å². The van der Waals surface area contributed by atoms with Crippen LogP contribution in [-0.2, 0) is 0 Å². The fourth-order valence-electron chi connectivity index (χ4n) is 4.17. The van der Waals surface area contributed by atoms with Crippen molar-refractivity contribution in [3.05, 3.63) is 69.7 Å². The number of fused-ring (bicyclic) bond motifs is 1. The van der Waals surface area contributed by atoms with E-state index in [0.29, 0.717) is 11.8 Å². The Morgan fingerprint density at radius 1 is 0.667 bits per heavy atom. The van der Waals surface area contributed by atoms with Gasteiger partial charge in [0.1, 0.15) is 0 Å². The molecule has 1 heterocycles. The number of halogens is 2. The van der Waals surface area contributed by atoms with Crippen molar-refractivity contribution in [1.29, 1.82) is 0 Å². The van der Waals surface area contributed by atoms with Crippen LogP contribution in [0.15, 0.2) is 48.5 Å². The third-order valence-corrected chi connectivity index (χ3v) is 5.63. The molecule has 1 aliphatic heterocycles. The van der Waals surface area contributed by atoms with Crippen molar-refractivity contribution in [3.63, 3.8) is 0 Å². The highest BCUT2D eigenvalue weighted by Gasteiger charge is 2.53. The first kappa shape index (κ1) is 13.6. The molecule has 1 saturated heterocycles. The van der Waals surface area contributed by atoms with Crippen LogP contribution in [0.1, 0.15) is 23.0 Å². The molecule has 2 aliphatic rings. The average molecular weight is 318 g/mol. The third-order valence-electron chi connectivity index (χ3n) is 5.13. The molecule has 0 radical (unpaired) electrons. The Balaban J connectivity index is 1.70. The number of nitrogens with one attached hydrogen (secondary N) is 1. The van der Waals surface area contributed by atoms with E-state index in [-0.39, 0.29) is 0 Å². The summed E-state index contributed by atoms with van der Waals surface area (Å²) < 4.78 is 0. The Morgan fingerprint density at radius 3 is 1.43 bits per heavy atom. The van der Waals surface area contributed by atoms with Crippen LogP contribution < -0.4 is 5.32 Å². The summed E-state index contributed by atoms with van der Waals surface area (Å²) in [6.07, 6.45) is 0. The first-order chi connectivity index (χ1) is 10.2. The van der Waals surface area contributed by atoms with Crippen molar-refractivity contribution in [2.24, 2.45) is 11.8 Å². The van der Waals surface area contributed by atoms with E-state index >= 15 is 0 Å². The zero-order valence-electron chi connectivity index (χ0n) is 11.6. The van der Waals surface area contributed by atoms with Gasteiger partial charge in [0.25, 0.3) is 0 Å². The van der Waals surface area contributed by atoms with Gasteiger partial charge < -0.3 is 5.32 Å². The van der Waals surface area contributed by atoms with Crippen LogP contribution in [0.5, 0.6) is 0 Å². The Bertz CT molecular complexity index is 578. The van der Waals surface area contributed by atoms with Gasteiger partial charge in [0, 0.05) is 10.0 Å². The molecule has 4 atom stereocenters. The number of hydrogen-bond acceptors (Lipinski definition) is 1. The molecule has 21 heavy (non-hydrogen) atoms. The van der Waals surface area contributed by atoms with Crippen LogP contribution in [0.2, 0.25) is 10.0 Å². The van der Waals surface area contributed by atoms with Crippen molar-refractivity contribution in [2.75, 3.05) is 13.1 Å². The maximum absolute atomic E-state index is 6.03. The molecular formula is C18H17Cl2N. The van der Waals surface area contributed by atoms with Crippen LogP contribution in [0.3, 0.4) is 0 Å². The largest absolute Gasteiger partial charge is 0.316 e. The predicted octanol–water partition coefficient (Wildman–Crippen LogP) is 4.71. The Morgan fingerprint density at radius 2 is 1.05 bits per heavy atom. The fraction of sp³-hybridized carbons (Fsp3) is 0.333. The quantitative estimate of drug-likeness (QED) is 0.845. The first-order valence-electron chi connectivity index (χ1n) is 7.45. The van der Waals surface area contributed by atoms with Crippen LogP contribution in [-0.4, -0.2) is 13.1 Å². The minimum Gasteiger partial charge on any atom is -0.316 e. The molecular weight excluding hydrogens is 301 g/mol.